The number of aromatic nitrogens is 5. The summed E-state index contributed by atoms with van der Waals surface area (Å²) in [6.45, 7) is 2.69. The van der Waals surface area contributed by atoms with Crippen LogP contribution in [0, 0.1) is 0 Å². The van der Waals surface area contributed by atoms with Gasteiger partial charge in [0.25, 0.3) is 0 Å². The lowest BCUT2D eigenvalue weighted by Crippen LogP contribution is -2.34. The Morgan fingerprint density at radius 2 is 1.91 bits per heavy atom. The average molecular weight is 435 g/mol. The second-order valence-electron chi connectivity index (χ2n) is 8.29. The summed E-state index contributed by atoms with van der Waals surface area (Å²) >= 11 is 0. The molecule has 0 N–H and O–H groups in total. The highest BCUT2D eigenvalue weighted by Crippen LogP contribution is 2.31. The molecule has 0 spiro atoms. The lowest BCUT2D eigenvalue weighted by atomic mass is 9.97. The molecule has 6 rings (SSSR count). The molecule has 0 saturated carbocycles. The molecule has 0 unspecified atom stereocenters. The Morgan fingerprint density at radius 3 is 2.82 bits per heavy atom. The minimum absolute atomic E-state index is 0.191. The quantitative estimate of drug-likeness (QED) is 0.423. The van der Waals surface area contributed by atoms with E-state index < -0.39 is 0 Å². The summed E-state index contributed by atoms with van der Waals surface area (Å²) in [4.78, 5) is 18.5. The van der Waals surface area contributed by atoms with Crippen LogP contribution in [0.25, 0.3) is 27.8 Å². The largest absolute Gasteiger partial charge is 0.312 e. The lowest BCUT2D eigenvalue weighted by molar-refractivity contribution is -0.118. The van der Waals surface area contributed by atoms with E-state index in [4.69, 9.17) is 5.10 Å². The van der Waals surface area contributed by atoms with Gasteiger partial charge in [0.15, 0.2) is 11.5 Å². The fourth-order valence-electron chi connectivity index (χ4n) is 4.58. The van der Waals surface area contributed by atoms with Gasteiger partial charge < -0.3 is 4.90 Å². The van der Waals surface area contributed by atoms with Crippen molar-refractivity contribution in [1.29, 1.82) is 0 Å². The third-order valence-electron chi connectivity index (χ3n) is 6.25. The van der Waals surface area contributed by atoms with Gasteiger partial charge in [0, 0.05) is 42.2 Å². The zero-order valence-electron chi connectivity index (χ0n) is 18.3. The van der Waals surface area contributed by atoms with Gasteiger partial charge >= 0.3 is 0 Å². The van der Waals surface area contributed by atoms with Crippen molar-refractivity contribution < 1.29 is 4.79 Å². The molecule has 33 heavy (non-hydrogen) atoms. The number of hydrogen-bond donors (Lipinski definition) is 0. The Labute approximate surface area is 190 Å². The third-order valence-corrected chi connectivity index (χ3v) is 6.25. The molecule has 0 saturated heterocycles. The van der Waals surface area contributed by atoms with Gasteiger partial charge in [-0.1, -0.05) is 18.2 Å². The van der Waals surface area contributed by atoms with Crippen LogP contribution >= 0.6 is 0 Å². The molecule has 3 aromatic heterocycles. The van der Waals surface area contributed by atoms with Gasteiger partial charge in [0.05, 0.1) is 11.2 Å². The van der Waals surface area contributed by atoms with Crippen molar-refractivity contribution in [2.75, 3.05) is 11.4 Å². The predicted octanol–water partition coefficient (Wildman–Crippen LogP) is 4.23. The fraction of sp³-hybridized carbons (Fsp3) is 0.192. The maximum absolute atomic E-state index is 12.2. The van der Waals surface area contributed by atoms with E-state index in [1.165, 1.54) is 5.56 Å². The van der Waals surface area contributed by atoms with Crippen molar-refractivity contribution in [3.63, 3.8) is 0 Å². The molecule has 4 heterocycles. The van der Waals surface area contributed by atoms with Crippen molar-refractivity contribution in [3.8, 4) is 11.3 Å². The Hall–Kier alpha value is -4.13. The topological polar surface area (TPSA) is 76.3 Å². The van der Waals surface area contributed by atoms with Gasteiger partial charge in [-0.15, -0.1) is 10.2 Å². The molecular formula is C26H22N6O. The van der Waals surface area contributed by atoms with E-state index in [2.05, 4.69) is 39.4 Å². The summed E-state index contributed by atoms with van der Waals surface area (Å²) < 4.78 is 1.82. The summed E-state index contributed by atoms with van der Waals surface area (Å²) in [6, 6.07) is 20.4. The molecule has 7 heteroatoms. The highest BCUT2D eigenvalue weighted by molar-refractivity contribution is 5.96. The van der Waals surface area contributed by atoms with Crippen molar-refractivity contribution in [2.24, 2.45) is 0 Å². The molecule has 1 aliphatic rings. The number of benzene rings is 2. The van der Waals surface area contributed by atoms with Crippen LogP contribution in [0.1, 0.15) is 30.3 Å². The van der Waals surface area contributed by atoms with Gasteiger partial charge in [-0.3, -0.25) is 9.78 Å². The van der Waals surface area contributed by atoms with Crippen molar-refractivity contribution >= 4 is 28.1 Å². The number of nitrogens with zero attached hydrogens (tertiary/aromatic N) is 6. The number of aryl methyl sites for hydroxylation is 1. The molecule has 162 valence electrons. The predicted molar refractivity (Wildman–Crippen MR) is 127 cm³/mol. The van der Waals surface area contributed by atoms with Crippen LogP contribution in [-0.2, 0) is 17.6 Å². The van der Waals surface area contributed by atoms with Crippen LogP contribution in [0.15, 0.2) is 66.9 Å². The van der Waals surface area contributed by atoms with E-state index in [-0.39, 0.29) is 5.91 Å². The van der Waals surface area contributed by atoms with Crippen LogP contribution in [0.5, 0.6) is 0 Å². The van der Waals surface area contributed by atoms with Gasteiger partial charge in [-0.25, -0.2) is 0 Å². The molecule has 0 bridgehead atoms. The first kappa shape index (κ1) is 19.5. The first-order valence-corrected chi connectivity index (χ1v) is 11.2. The molecule has 1 amide bonds. The zero-order valence-corrected chi connectivity index (χ0v) is 18.3. The van der Waals surface area contributed by atoms with Crippen molar-refractivity contribution in [3.05, 3.63) is 83.8 Å². The molecule has 0 fully saturated rings. The van der Waals surface area contributed by atoms with Gasteiger partial charge in [0.1, 0.15) is 0 Å². The van der Waals surface area contributed by atoms with E-state index in [1.54, 1.807) is 6.20 Å². The molecule has 1 aliphatic heterocycles. The standard InChI is InChI=1S/C26H22N6O/c1-2-31-23-10-6-19(16-20(23)7-12-26(31)33)22-9-11-24-28-29-25(32(24)30-22)15-17-5-8-21-18(14-17)4-3-13-27-21/h3-6,8-11,13-14,16H,2,7,12,15H2,1H3. The number of anilines is 1. The number of pyridine rings is 1. The highest BCUT2D eigenvalue weighted by atomic mass is 16.2. The number of amides is 1. The van der Waals surface area contributed by atoms with Gasteiger partial charge in [0.2, 0.25) is 5.91 Å². The summed E-state index contributed by atoms with van der Waals surface area (Å²) in [6.07, 6.45) is 3.74. The second kappa shape index (κ2) is 7.78. The maximum atomic E-state index is 12.2. The zero-order chi connectivity index (χ0) is 22.4. The minimum atomic E-state index is 0.191. The molecule has 0 atom stereocenters. The molecule has 2 aromatic carbocycles. The van der Waals surface area contributed by atoms with Gasteiger partial charge in [-0.05, 0) is 66.9 Å². The third kappa shape index (κ3) is 3.42. The summed E-state index contributed by atoms with van der Waals surface area (Å²) in [5.74, 6) is 0.978. The molecule has 7 nitrogen and oxygen atoms in total. The average Bonchev–Trinajstić information content (AvgIpc) is 3.25. The number of hydrogen-bond acceptors (Lipinski definition) is 5. The van der Waals surface area contributed by atoms with E-state index in [0.717, 1.165) is 51.3 Å². The van der Waals surface area contributed by atoms with Crippen molar-refractivity contribution in [1.82, 2.24) is 24.8 Å². The maximum Gasteiger partial charge on any atom is 0.227 e. The normalized spacial score (nSPS) is 13.6. The Balaban J connectivity index is 1.36. The van der Waals surface area contributed by atoms with Crippen LogP contribution in [-0.4, -0.2) is 37.2 Å². The smallest absolute Gasteiger partial charge is 0.227 e. The number of rotatable bonds is 4. The van der Waals surface area contributed by atoms with E-state index >= 15 is 0 Å². The van der Waals surface area contributed by atoms with E-state index in [1.807, 2.05) is 52.7 Å². The summed E-state index contributed by atoms with van der Waals surface area (Å²) in [5.41, 5.74) is 6.90. The highest BCUT2D eigenvalue weighted by Gasteiger charge is 2.23. The van der Waals surface area contributed by atoms with Crippen LogP contribution in [0.3, 0.4) is 0 Å². The monoisotopic (exact) mass is 434 g/mol. The Kier molecular flexibility index (Phi) is 4.61. The molecule has 0 aliphatic carbocycles. The van der Waals surface area contributed by atoms with Crippen LogP contribution < -0.4 is 4.90 Å². The molecule has 5 aromatic rings. The SMILES string of the molecule is CCN1C(=O)CCc2cc(-c3ccc4nnc(Cc5ccc6ncccc6c5)n4n3)ccc21. The van der Waals surface area contributed by atoms with E-state index in [0.29, 0.717) is 19.4 Å². The Morgan fingerprint density at radius 1 is 0.970 bits per heavy atom. The minimum Gasteiger partial charge on any atom is -0.312 e. The van der Waals surface area contributed by atoms with E-state index in [9.17, 15) is 4.79 Å². The molecular weight excluding hydrogens is 412 g/mol. The number of carbonyl (C=O) groups excluding carboxylic acids is 1. The number of carbonyl (C=O) groups is 1. The van der Waals surface area contributed by atoms with Crippen LogP contribution in [0.4, 0.5) is 5.69 Å². The lowest BCUT2D eigenvalue weighted by Gasteiger charge is -2.28. The first-order chi connectivity index (χ1) is 16.2. The Bertz CT molecular complexity index is 1520. The summed E-state index contributed by atoms with van der Waals surface area (Å²) in [5, 5.41) is 14.7. The van der Waals surface area contributed by atoms with Gasteiger partial charge in [-0.2, -0.15) is 9.61 Å². The van der Waals surface area contributed by atoms with Crippen LogP contribution in [0.2, 0.25) is 0 Å². The van der Waals surface area contributed by atoms with Crippen molar-refractivity contribution in [2.45, 2.75) is 26.2 Å². The second-order valence-corrected chi connectivity index (χ2v) is 8.29. The number of fused-ring (bicyclic) bond motifs is 3. The molecule has 0 radical (unpaired) electrons. The summed E-state index contributed by atoms with van der Waals surface area (Å²) in [7, 11) is 0. The fourth-order valence-corrected chi connectivity index (χ4v) is 4.58. The first-order valence-electron chi connectivity index (χ1n) is 11.2.